The fourth-order valence-electron chi connectivity index (χ4n) is 1.76. The molecule has 9 heteroatoms. The van der Waals surface area contributed by atoms with Crippen molar-refractivity contribution in [3.8, 4) is 0 Å². The van der Waals surface area contributed by atoms with Crippen LogP contribution in [-0.4, -0.2) is 46.1 Å². The number of carbonyl (C=O) groups excluding carboxylic acids is 3. The van der Waals surface area contributed by atoms with Crippen LogP contribution in [0.1, 0.15) is 5.56 Å². The average molecular weight is 338 g/mol. The molecule has 1 saturated heterocycles. The molecule has 0 aromatic heterocycles. The zero-order valence-corrected chi connectivity index (χ0v) is 12.4. The van der Waals surface area contributed by atoms with E-state index in [4.69, 9.17) is 5.11 Å². The summed E-state index contributed by atoms with van der Waals surface area (Å²) in [7, 11) is 0. The molecular weight excluding hydrogens is 327 g/mol. The van der Waals surface area contributed by atoms with Crippen LogP contribution in [-0.2, 0) is 14.4 Å². The molecule has 0 radical (unpaired) electrons. The first-order chi connectivity index (χ1) is 10.9. The number of nitrogens with one attached hydrogen (secondary N) is 1. The molecule has 1 fully saturated rings. The molecule has 7 nitrogen and oxygen atoms in total. The van der Waals surface area contributed by atoms with Crippen LogP contribution < -0.4 is 5.32 Å². The molecule has 2 rings (SSSR count). The molecule has 2 N–H and O–H groups in total. The highest BCUT2D eigenvalue weighted by molar-refractivity contribution is 8.18. The van der Waals surface area contributed by atoms with E-state index in [2.05, 4.69) is 5.32 Å². The van der Waals surface area contributed by atoms with Gasteiger partial charge in [0.2, 0.25) is 5.91 Å². The molecule has 0 spiro atoms. The number of hydrogen-bond acceptors (Lipinski definition) is 5. The summed E-state index contributed by atoms with van der Waals surface area (Å²) in [5.41, 5.74) is 0.408. The van der Waals surface area contributed by atoms with Crippen LogP contribution in [0, 0.1) is 5.82 Å². The summed E-state index contributed by atoms with van der Waals surface area (Å²) >= 11 is 0.629. The Labute approximate surface area is 134 Å². The predicted octanol–water partition coefficient (Wildman–Crippen LogP) is 1.06. The van der Waals surface area contributed by atoms with E-state index >= 15 is 0 Å². The molecule has 3 amide bonds. The molecule has 23 heavy (non-hydrogen) atoms. The maximum absolute atomic E-state index is 13.1. The normalized spacial score (nSPS) is 16.0. The molecule has 1 aliphatic rings. The lowest BCUT2D eigenvalue weighted by Crippen LogP contribution is -2.41. The largest absolute Gasteiger partial charge is 0.480 e. The molecule has 0 unspecified atom stereocenters. The van der Waals surface area contributed by atoms with E-state index in [0.29, 0.717) is 22.2 Å². The summed E-state index contributed by atoms with van der Waals surface area (Å²) in [5.74, 6) is -3.17. The van der Waals surface area contributed by atoms with E-state index in [9.17, 15) is 23.6 Å². The van der Waals surface area contributed by atoms with E-state index in [-0.39, 0.29) is 4.91 Å². The molecule has 1 aliphatic heterocycles. The number of aliphatic carboxylic acids is 1. The number of carboxylic acid groups (broad SMARTS) is 1. The Hall–Kier alpha value is -2.68. The zero-order valence-electron chi connectivity index (χ0n) is 11.6. The summed E-state index contributed by atoms with van der Waals surface area (Å²) in [6, 6.07) is 5.48. The van der Waals surface area contributed by atoms with Gasteiger partial charge in [0, 0.05) is 0 Å². The lowest BCUT2D eigenvalue weighted by Gasteiger charge is -2.11. The molecule has 0 aliphatic carbocycles. The van der Waals surface area contributed by atoms with Crippen molar-refractivity contribution in [1.82, 2.24) is 10.2 Å². The van der Waals surface area contributed by atoms with Crippen molar-refractivity contribution in [2.24, 2.45) is 0 Å². The first-order valence-electron chi connectivity index (χ1n) is 6.36. The van der Waals surface area contributed by atoms with Crippen molar-refractivity contribution in [2.45, 2.75) is 0 Å². The Bertz CT molecular complexity index is 719. The van der Waals surface area contributed by atoms with E-state index in [1.54, 1.807) is 6.07 Å². The maximum Gasteiger partial charge on any atom is 0.322 e. The fourth-order valence-corrected chi connectivity index (χ4v) is 2.60. The van der Waals surface area contributed by atoms with Gasteiger partial charge in [-0.15, -0.1) is 0 Å². The van der Waals surface area contributed by atoms with Gasteiger partial charge in [0.25, 0.3) is 11.1 Å². The Morgan fingerprint density at radius 1 is 1.35 bits per heavy atom. The number of hydrogen-bond donors (Lipinski definition) is 2. The predicted molar refractivity (Wildman–Crippen MR) is 79.7 cm³/mol. The molecule has 120 valence electrons. The number of halogens is 1. The second-order valence-corrected chi connectivity index (χ2v) is 5.49. The number of carboxylic acids is 1. The van der Waals surface area contributed by atoms with Gasteiger partial charge in [-0.1, -0.05) is 12.1 Å². The third-order valence-electron chi connectivity index (χ3n) is 2.76. The van der Waals surface area contributed by atoms with Gasteiger partial charge in [0.1, 0.15) is 18.9 Å². The van der Waals surface area contributed by atoms with Gasteiger partial charge < -0.3 is 10.4 Å². The Morgan fingerprint density at radius 2 is 2.09 bits per heavy atom. The highest BCUT2D eigenvalue weighted by Crippen LogP contribution is 2.31. The standard InChI is InChI=1S/C14H11FN2O5S/c15-9-3-1-2-8(4-9)5-10-13(21)17(14(22)23-10)7-11(18)16-6-12(19)20/h1-5H,6-7H2,(H,16,18)(H,19,20)/b10-5-. The third-order valence-corrected chi connectivity index (χ3v) is 3.67. The quantitative estimate of drug-likeness (QED) is 0.778. The molecule has 1 aromatic carbocycles. The SMILES string of the molecule is O=C(O)CNC(=O)CN1C(=O)S/C(=C\c2cccc(F)c2)C1=O. The monoisotopic (exact) mass is 338 g/mol. The van der Waals surface area contributed by atoms with Gasteiger partial charge in [-0.25, -0.2) is 4.39 Å². The van der Waals surface area contributed by atoms with E-state index in [0.717, 1.165) is 0 Å². The molecule has 0 saturated carbocycles. The van der Waals surface area contributed by atoms with Crippen LogP contribution in [0.5, 0.6) is 0 Å². The van der Waals surface area contributed by atoms with Crippen LogP contribution >= 0.6 is 11.8 Å². The van der Waals surface area contributed by atoms with Gasteiger partial charge in [0.05, 0.1) is 4.91 Å². The highest BCUT2D eigenvalue weighted by Gasteiger charge is 2.36. The van der Waals surface area contributed by atoms with Gasteiger partial charge in [-0.2, -0.15) is 0 Å². The number of nitrogens with zero attached hydrogens (tertiary/aromatic N) is 1. The average Bonchev–Trinajstić information content (AvgIpc) is 2.73. The Kier molecular flexibility index (Phi) is 5.12. The van der Waals surface area contributed by atoms with Crippen LogP contribution in [0.4, 0.5) is 9.18 Å². The number of carbonyl (C=O) groups is 4. The second kappa shape index (κ2) is 7.05. The summed E-state index contributed by atoms with van der Waals surface area (Å²) in [5, 5.41) is 9.86. The van der Waals surface area contributed by atoms with Crippen molar-refractivity contribution >= 4 is 40.9 Å². The fraction of sp³-hybridized carbons (Fsp3) is 0.143. The minimum Gasteiger partial charge on any atom is -0.480 e. The number of rotatable bonds is 5. The van der Waals surface area contributed by atoms with Gasteiger partial charge in [-0.3, -0.25) is 24.1 Å². The van der Waals surface area contributed by atoms with Crippen LogP contribution in [0.25, 0.3) is 6.08 Å². The second-order valence-electron chi connectivity index (χ2n) is 4.49. The molecule has 0 bridgehead atoms. The van der Waals surface area contributed by atoms with E-state index in [1.807, 2.05) is 0 Å². The first kappa shape index (κ1) is 16.7. The third kappa shape index (κ3) is 4.39. The lowest BCUT2D eigenvalue weighted by molar-refractivity contribution is -0.138. The summed E-state index contributed by atoms with van der Waals surface area (Å²) in [6.07, 6.45) is 1.35. The van der Waals surface area contributed by atoms with Gasteiger partial charge in [-0.05, 0) is 35.5 Å². The van der Waals surface area contributed by atoms with Gasteiger partial charge in [0.15, 0.2) is 0 Å². The minimum atomic E-state index is -1.24. The van der Waals surface area contributed by atoms with Crippen molar-refractivity contribution in [2.75, 3.05) is 13.1 Å². The van der Waals surface area contributed by atoms with E-state index < -0.39 is 41.9 Å². The van der Waals surface area contributed by atoms with Crippen LogP contribution in [0.2, 0.25) is 0 Å². The molecule has 1 aromatic rings. The number of benzene rings is 1. The number of amides is 3. The zero-order chi connectivity index (χ0) is 17.0. The lowest BCUT2D eigenvalue weighted by atomic mass is 10.2. The van der Waals surface area contributed by atoms with Crippen LogP contribution in [0.3, 0.4) is 0 Å². The summed E-state index contributed by atoms with van der Waals surface area (Å²) < 4.78 is 13.1. The Balaban J connectivity index is 2.08. The number of thioether (sulfide) groups is 1. The van der Waals surface area contributed by atoms with Crippen molar-refractivity contribution in [1.29, 1.82) is 0 Å². The minimum absolute atomic E-state index is 0.0617. The van der Waals surface area contributed by atoms with Crippen LogP contribution in [0.15, 0.2) is 29.2 Å². The Morgan fingerprint density at radius 3 is 2.74 bits per heavy atom. The molecule has 1 heterocycles. The van der Waals surface area contributed by atoms with Crippen molar-refractivity contribution in [3.05, 3.63) is 40.6 Å². The summed E-state index contributed by atoms with van der Waals surface area (Å²) in [6.45, 7) is -1.17. The van der Waals surface area contributed by atoms with E-state index in [1.165, 1.54) is 24.3 Å². The smallest absolute Gasteiger partial charge is 0.322 e. The summed E-state index contributed by atoms with van der Waals surface area (Å²) in [4.78, 5) is 46.5. The van der Waals surface area contributed by atoms with Crippen molar-refractivity contribution < 1.29 is 28.7 Å². The maximum atomic E-state index is 13.1. The highest BCUT2D eigenvalue weighted by atomic mass is 32.2. The molecule has 0 atom stereocenters. The molecular formula is C14H11FN2O5S. The van der Waals surface area contributed by atoms with Crippen molar-refractivity contribution in [3.63, 3.8) is 0 Å². The number of imide groups is 1. The first-order valence-corrected chi connectivity index (χ1v) is 7.18. The van der Waals surface area contributed by atoms with Gasteiger partial charge >= 0.3 is 5.97 Å². The topological polar surface area (TPSA) is 104 Å².